The smallest absolute Gasteiger partial charge is 0.282 e. The minimum atomic E-state index is -0.838. The maximum absolute atomic E-state index is 12.6. The molecule has 0 unspecified atom stereocenters. The second-order valence-electron chi connectivity index (χ2n) is 4.68. The van der Waals surface area contributed by atoms with E-state index in [0.29, 0.717) is 13.1 Å². The molecule has 0 aromatic heterocycles. The van der Waals surface area contributed by atoms with Crippen LogP contribution in [0.4, 0.5) is 4.39 Å². The van der Waals surface area contributed by atoms with Crippen LogP contribution in [0.15, 0.2) is 12.4 Å². The van der Waals surface area contributed by atoms with Crippen LogP contribution in [0, 0.1) is 5.41 Å². The van der Waals surface area contributed by atoms with Crippen molar-refractivity contribution in [3.05, 3.63) is 12.4 Å². The molecule has 0 bridgehead atoms. The number of hydrogen-bond acceptors (Lipinski definition) is 2. The van der Waals surface area contributed by atoms with Crippen LogP contribution in [-0.4, -0.2) is 48.4 Å². The highest BCUT2D eigenvalue weighted by molar-refractivity contribution is 5.91. The Morgan fingerprint density at radius 2 is 2.13 bits per heavy atom. The average molecular weight is 212 g/mol. The number of rotatable bonds is 2. The normalized spacial score (nSPS) is 24.3. The molecule has 0 aliphatic carbocycles. The van der Waals surface area contributed by atoms with Crippen molar-refractivity contribution in [2.24, 2.45) is 5.41 Å². The van der Waals surface area contributed by atoms with Gasteiger partial charge >= 0.3 is 0 Å². The molecule has 0 aromatic carbocycles. The third-order valence-corrected chi connectivity index (χ3v) is 3.54. The van der Waals surface area contributed by atoms with Gasteiger partial charge in [0.15, 0.2) is 5.83 Å². The summed E-state index contributed by atoms with van der Waals surface area (Å²) in [5.74, 6) is -1.37. The molecule has 2 aliphatic heterocycles. The molecule has 1 amide bonds. The van der Waals surface area contributed by atoms with Crippen molar-refractivity contribution in [3.8, 4) is 0 Å². The van der Waals surface area contributed by atoms with Crippen molar-refractivity contribution in [1.82, 2.24) is 9.80 Å². The second-order valence-corrected chi connectivity index (χ2v) is 4.68. The van der Waals surface area contributed by atoms with E-state index in [1.54, 1.807) is 4.90 Å². The highest BCUT2D eigenvalue weighted by atomic mass is 19.1. The number of hydrogen-bond donors (Lipinski definition) is 0. The van der Waals surface area contributed by atoms with Crippen molar-refractivity contribution in [1.29, 1.82) is 0 Å². The Labute approximate surface area is 89.5 Å². The van der Waals surface area contributed by atoms with E-state index in [1.165, 1.54) is 0 Å². The molecule has 2 saturated heterocycles. The van der Waals surface area contributed by atoms with Crippen molar-refractivity contribution in [3.63, 3.8) is 0 Å². The standard InChI is InChI=1S/C11H17FN2O/c1-3-13-5-4-11(6-13)7-14(8-11)10(15)9(2)12/h2-8H2,1H3. The topological polar surface area (TPSA) is 23.6 Å². The van der Waals surface area contributed by atoms with E-state index >= 15 is 0 Å². The number of nitrogens with zero attached hydrogens (tertiary/aromatic N) is 2. The van der Waals surface area contributed by atoms with E-state index in [2.05, 4.69) is 18.4 Å². The maximum atomic E-state index is 12.6. The lowest BCUT2D eigenvalue weighted by molar-refractivity contribution is -0.139. The van der Waals surface area contributed by atoms with Crippen LogP contribution >= 0.6 is 0 Å². The van der Waals surface area contributed by atoms with Crippen LogP contribution in [0.5, 0.6) is 0 Å². The maximum Gasteiger partial charge on any atom is 0.282 e. The predicted octanol–water partition coefficient (Wildman–Crippen LogP) is 1.02. The van der Waals surface area contributed by atoms with Gasteiger partial charge in [0, 0.05) is 25.0 Å². The highest BCUT2D eigenvalue weighted by Crippen LogP contribution is 2.39. The molecule has 0 N–H and O–H groups in total. The first-order valence-corrected chi connectivity index (χ1v) is 5.42. The highest BCUT2D eigenvalue weighted by Gasteiger charge is 2.49. The molecule has 4 heteroatoms. The van der Waals surface area contributed by atoms with E-state index < -0.39 is 11.7 Å². The van der Waals surface area contributed by atoms with Crippen molar-refractivity contribution in [2.45, 2.75) is 13.3 Å². The summed E-state index contributed by atoms with van der Waals surface area (Å²) in [7, 11) is 0. The summed E-state index contributed by atoms with van der Waals surface area (Å²) in [6.07, 6.45) is 1.13. The minimum absolute atomic E-state index is 0.251. The number of carbonyl (C=O) groups is 1. The number of likely N-dealkylation sites (tertiary alicyclic amines) is 2. The van der Waals surface area contributed by atoms with E-state index in [0.717, 1.165) is 26.1 Å². The third-order valence-electron chi connectivity index (χ3n) is 3.54. The van der Waals surface area contributed by atoms with Crippen LogP contribution in [0.25, 0.3) is 0 Å². The van der Waals surface area contributed by atoms with Gasteiger partial charge in [-0.05, 0) is 19.5 Å². The Balaban J connectivity index is 1.88. The first-order chi connectivity index (χ1) is 7.06. The summed E-state index contributed by atoms with van der Waals surface area (Å²) >= 11 is 0. The zero-order chi connectivity index (χ0) is 11.1. The monoisotopic (exact) mass is 212 g/mol. The molecule has 0 atom stereocenters. The Hall–Kier alpha value is -0.900. The predicted molar refractivity (Wildman–Crippen MR) is 56.0 cm³/mol. The quantitative estimate of drug-likeness (QED) is 0.638. The van der Waals surface area contributed by atoms with Gasteiger partial charge in [0.05, 0.1) is 0 Å². The molecule has 0 saturated carbocycles. The Morgan fingerprint density at radius 3 is 2.60 bits per heavy atom. The van der Waals surface area contributed by atoms with Gasteiger partial charge in [0.1, 0.15) is 0 Å². The Bertz CT molecular complexity index is 297. The summed E-state index contributed by atoms with van der Waals surface area (Å²) < 4.78 is 12.6. The molecule has 3 nitrogen and oxygen atoms in total. The van der Waals surface area contributed by atoms with Gasteiger partial charge in [-0.3, -0.25) is 4.79 Å². The molecule has 2 rings (SSSR count). The molecule has 2 fully saturated rings. The third kappa shape index (κ3) is 1.78. The molecule has 0 aromatic rings. The van der Waals surface area contributed by atoms with E-state index in [4.69, 9.17) is 0 Å². The van der Waals surface area contributed by atoms with Crippen LogP contribution in [0.2, 0.25) is 0 Å². The van der Waals surface area contributed by atoms with Crippen LogP contribution < -0.4 is 0 Å². The van der Waals surface area contributed by atoms with Gasteiger partial charge in [-0.1, -0.05) is 13.5 Å². The van der Waals surface area contributed by atoms with E-state index in [-0.39, 0.29) is 5.41 Å². The first kappa shape index (κ1) is 10.6. The summed E-state index contributed by atoms with van der Waals surface area (Å²) in [6.45, 7) is 9.79. The lowest BCUT2D eigenvalue weighted by atomic mass is 9.79. The fraction of sp³-hybridized carbons (Fsp3) is 0.727. The molecular weight excluding hydrogens is 195 g/mol. The molecule has 15 heavy (non-hydrogen) atoms. The molecule has 1 spiro atoms. The van der Waals surface area contributed by atoms with E-state index in [1.807, 2.05) is 0 Å². The summed E-state index contributed by atoms with van der Waals surface area (Å²) in [5, 5.41) is 0. The minimum Gasteiger partial charge on any atom is -0.335 e. The molecule has 2 heterocycles. The summed E-state index contributed by atoms with van der Waals surface area (Å²) in [5.41, 5.74) is 0.251. The van der Waals surface area contributed by atoms with Gasteiger partial charge in [0.25, 0.3) is 5.91 Å². The van der Waals surface area contributed by atoms with Gasteiger partial charge in [0.2, 0.25) is 0 Å². The van der Waals surface area contributed by atoms with Crippen molar-refractivity contribution in [2.75, 3.05) is 32.7 Å². The van der Waals surface area contributed by atoms with Crippen molar-refractivity contribution >= 4 is 5.91 Å². The number of carbonyl (C=O) groups excluding carboxylic acids is 1. The van der Waals surface area contributed by atoms with E-state index in [9.17, 15) is 9.18 Å². The Morgan fingerprint density at radius 1 is 1.47 bits per heavy atom. The first-order valence-electron chi connectivity index (χ1n) is 5.42. The number of halogens is 1. The summed E-state index contributed by atoms with van der Waals surface area (Å²) in [4.78, 5) is 15.2. The molecule has 2 aliphatic rings. The van der Waals surface area contributed by atoms with Crippen LogP contribution in [0.1, 0.15) is 13.3 Å². The Kier molecular flexibility index (Phi) is 2.54. The zero-order valence-corrected chi connectivity index (χ0v) is 9.13. The fourth-order valence-electron chi connectivity index (χ4n) is 2.63. The van der Waals surface area contributed by atoms with Crippen molar-refractivity contribution < 1.29 is 9.18 Å². The van der Waals surface area contributed by atoms with Gasteiger partial charge in [-0.2, -0.15) is 0 Å². The average Bonchev–Trinajstić information content (AvgIpc) is 2.58. The SMILES string of the molecule is C=C(F)C(=O)N1CC2(CCN(CC)C2)C1. The summed E-state index contributed by atoms with van der Waals surface area (Å²) in [6, 6.07) is 0. The molecule has 0 radical (unpaired) electrons. The van der Waals surface area contributed by atoms with Gasteiger partial charge < -0.3 is 9.80 Å². The molecular formula is C11H17FN2O. The van der Waals surface area contributed by atoms with Crippen LogP contribution in [-0.2, 0) is 4.79 Å². The lowest BCUT2D eigenvalue weighted by Gasteiger charge is -2.47. The second kappa shape index (κ2) is 3.59. The lowest BCUT2D eigenvalue weighted by Crippen LogP contribution is -2.59. The fourth-order valence-corrected chi connectivity index (χ4v) is 2.63. The zero-order valence-electron chi connectivity index (χ0n) is 9.13. The largest absolute Gasteiger partial charge is 0.335 e. The molecule has 84 valence electrons. The van der Waals surface area contributed by atoms with Gasteiger partial charge in [-0.15, -0.1) is 0 Å². The van der Waals surface area contributed by atoms with Gasteiger partial charge in [-0.25, -0.2) is 4.39 Å². The van der Waals surface area contributed by atoms with Crippen LogP contribution in [0.3, 0.4) is 0 Å². The number of amides is 1.